The van der Waals surface area contributed by atoms with E-state index in [9.17, 15) is 4.79 Å². The Labute approximate surface area is 70.1 Å². The summed E-state index contributed by atoms with van der Waals surface area (Å²) in [6, 6.07) is 1.63. The highest BCUT2D eigenvalue weighted by Gasteiger charge is 1.98. The fourth-order valence-electron chi connectivity index (χ4n) is 0.772. The molecule has 0 aliphatic rings. The lowest BCUT2D eigenvalue weighted by molar-refractivity contribution is 0.304. The Bertz CT molecular complexity index is 330. The lowest BCUT2D eigenvalue weighted by atomic mass is 10.6. The van der Waals surface area contributed by atoms with E-state index in [1.165, 1.54) is 12.3 Å². The van der Waals surface area contributed by atoms with Gasteiger partial charge in [0, 0.05) is 18.5 Å². The van der Waals surface area contributed by atoms with Crippen LogP contribution in [0.5, 0.6) is 6.01 Å². The van der Waals surface area contributed by atoms with E-state index in [-0.39, 0.29) is 11.6 Å². The minimum Gasteiger partial charge on any atom is -0.465 e. The number of ether oxygens (including phenoxy) is 1. The second-order valence-electron chi connectivity index (χ2n) is 2.07. The summed E-state index contributed by atoms with van der Waals surface area (Å²) >= 11 is 0. The van der Waals surface area contributed by atoms with Crippen LogP contribution >= 0.6 is 0 Å². The van der Waals surface area contributed by atoms with Crippen LogP contribution in [0.15, 0.2) is 23.6 Å². The van der Waals surface area contributed by atoms with Gasteiger partial charge in [-0.05, 0) is 6.92 Å². The molecule has 0 aliphatic heterocycles. The third-order valence-electron chi connectivity index (χ3n) is 1.27. The van der Waals surface area contributed by atoms with Crippen molar-refractivity contribution in [2.75, 3.05) is 6.61 Å². The minimum absolute atomic E-state index is 0.278. The van der Waals surface area contributed by atoms with Crippen molar-refractivity contribution in [2.45, 2.75) is 6.92 Å². The quantitative estimate of drug-likeness (QED) is 0.665. The first-order valence-corrected chi connectivity index (χ1v) is 3.62. The highest BCUT2D eigenvalue weighted by Crippen LogP contribution is 2.02. The van der Waals surface area contributed by atoms with Crippen molar-refractivity contribution >= 4 is 6.20 Å². The predicted octanol–water partition coefficient (Wildman–Crippen LogP) is 0.742. The third kappa shape index (κ3) is 1.72. The van der Waals surface area contributed by atoms with E-state index < -0.39 is 0 Å². The van der Waals surface area contributed by atoms with Crippen molar-refractivity contribution in [2.24, 2.45) is 0 Å². The van der Waals surface area contributed by atoms with Crippen LogP contribution in [0.3, 0.4) is 0 Å². The molecule has 4 nitrogen and oxygen atoms in total. The molecule has 0 spiro atoms. The molecule has 0 fully saturated rings. The van der Waals surface area contributed by atoms with Crippen LogP contribution in [0.25, 0.3) is 6.20 Å². The summed E-state index contributed by atoms with van der Waals surface area (Å²) in [6.07, 6.45) is 3.09. The summed E-state index contributed by atoms with van der Waals surface area (Å²) in [7, 11) is 0. The summed E-state index contributed by atoms with van der Waals surface area (Å²) in [5, 5.41) is 0. The number of hydrogen-bond acceptors (Lipinski definition) is 3. The normalized spacial score (nSPS) is 9.42. The number of rotatable bonds is 3. The number of aromatic nitrogens is 2. The standard InChI is InChI=1S/C8H10N2O2/c1-3-10-6-5-7(11)9-8(10)12-4-2/h3,5-6H,1,4H2,2H3. The number of hydrogen-bond donors (Lipinski definition) is 0. The molecule has 0 saturated carbocycles. The Morgan fingerprint density at radius 1 is 1.83 bits per heavy atom. The summed E-state index contributed by atoms with van der Waals surface area (Å²) < 4.78 is 6.64. The van der Waals surface area contributed by atoms with Gasteiger partial charge in [-0.15, -0.1) is 0 Å². The second kappa shape index (κ2) is 3.71. The maximum Gasteiger partial charge on any atom is 0.303 e. The monoisotopic (exact) mass is 166 g/mol. The molecular weight excluding hydrogens is 156 g/mol. The van der Waals surface area contributed by atoms with Gasteiger partial charge in [-0.2, -0.15) is 4.98 Å². The summed E-state index contributed by atoms with van der Waals surface area (Å²) in [6.45, 7) is 5.85. The van der Waals surface area contributed by atoms with Crippen LogP contribution in [0.4, 0.5) is 0 Å². The molecule has 0 N–H and O–H groups in total. The van der Waals surface area contributed by atoms with Crippen LogP contribution in [-0.2, 0) is 0 Å². The topological polar surface area (TPSA) is 44.1 Å². The molecule has 64 valence electrons. The van der Waals surface area contributed by atoms with Crippen molar-refractivity contribution < 1.29 is 4.74 Å². The SMILES string of the molecule is C=Cn1ccc(=O)nc1OCC. The van der Waals surface area contributed by atoms with E-state index in [2.05, 4.69) is 11.6 Å². The van der Waals surface area contributed by atoms with Crippen molar-refractivity contribution in [3.8, 4) is 6.01 Å². The van der Waals surface area contributed by atoms with E-state index in [0.29, 0.717) is 6.61 Å². The van der Waals surface area contributed by atoms with Gasteiger partial charge < -0.3 is 4.74 Å². The van der Waals surface area contributed by atoms with Gasteiger partial charge in [-0.3, -0.25) is 9.36 Å². The molecule has 1 heterocycles. The largest absolute Gasteiger partial charge is 0.465 e. The maximum atomic E-state index is 10.8. The number of nitrogens with zero attached hydrogens (tertiary/aromatic N) is 2. The Morgan fingerprint density at radius 2 is 2.58 bits per heavy atom. The van der Waals surface area contributed by atoms with Crippen LogP contribution in [0.2, 0.25) is 0 Å². The van der Waals surface area contributed by atoms with Crippen molar-refractivity contribution in [3.05, 3.63) is 29.2 Å². The Kier molecular flexibility index (Phi) is 2.63. The second-order valence-corrected chi connectivity index (χ2v) is 2.07. The molecule has 0 amide bonds. The molecule has 0 aromatic carbocycles. The fourth-order valence-corrected chi connectivity index (χ4v) is 0.772. The van der Waals surface area contributed by atoms with Gasteiger partial charge in [0.2, 0.25) is 0 Å². The molecule has 0 saturated heterocycles. The first kappa shape index (κ1) is 8.52. The lowest BCUT2D eigenvalue weighted by Crippen LogP contribution is -2.11. The average Bonchev–Trinajstić information content (AvgIpc) is 2.05. The van der Waals surface area contributed by atoms with E-state index in [1.807, 2.05) is 6.92 Å². The smallest absolute Gasteiger partial charge is 0.303 e. The molecule has 0 bridgehead atoms. The molecule has 12 heavy (non-hydrogen) atoms. The van der Waals surface area contributed by atoms with Crippen molar-refractivity contribution in [1.82, 2.24) is 9.55 Å². The van der Waals surface area contributed by atoms with Crippen molar-refractivity contribution in [1.29, 1.82) is 0 Å². The Balaban J connectivity index is 3.12. The van der Waals surface area contributed by atoms with E-state index in [1.54, 1.807) is 10.8 Å². The van der Waals surface area contributed by atoms with Gasteiger partial charge >= 0.3 is 6.01 Å². The van der Waals surface area contributed by atoms with Gasteiger partial charge in [0.25, 0.3) is 5.56 Å². The molecular formula is C8H10N2O2. The zero-order valence-corrected chi connectivity index (χ0v) is 6.86. The fraction of sp³-hybridized carbons (Fsp3) is 0.250. The summed E-state index contributed by atoms with van der Waals surface area (Å²) in [4.78, 5) is 14.4. The molecule has 1 aromatic rings. The third-order valence-corrected chi connectivity index (χ3v) is 1.27. The van der Waals surface area contributed by atoms with Crippen LogP contribution in [0, 0.1) is 0 Å². The first-order valence-electron chi connectivity index (χ1n) is 3.62. The zero-order chi connectivity index (χ0) is 8.97. The molecule has 1 rings (SSSR count). The zero-order valence-electron chi connectivity index (χ0n) is 6.86. The van der Waals surface area contributed by atoms with E-state index in [0.717, 1.165) is 0 Å². The van der Waals surface area contributed by atoms with Gasteiger partial charge in [0.1, 0.15) is 0 Å². The van der Waals surface area contributed by atoms with Crippen LogP contribution in [0.1, 0.15) is 6.92 Å². The van der Waals surface area contributed by atoms with Gasteiger partial charge in [0.05, 0.1) is 6.61 Å². The van der Waals surface area contributed by atoms with Crippen LogP contribution in [-0.4, -0.2) is 16.2 Å². The average molecular weight is 166 g/mol. The molecule has 0 atom stereocenters. The minimum atomic E-state index is -0.309. The highest BCUT2D eigenvalue weighted by atomic mass is 16.5. The van der Waals surface area contributed by atoms with E-state index in [4.69, 9.17) is 4.74 Å². The van der Waals surface area contributed by atoms with Gasteiger partial charge in [-0.25, -0.2) is 0 Å². The highest BCUT2D eigenvalue weighted by molar-refractivity contribution is 5.22. The van der Waals surface area contributed by atoms with Gasteiger partial charge in [0.15, 0.2) is 0 Å². The lowest BCUT2D eigenvalue weighted by Gasteiger charge is -2.05. The summed E-state index contributed by atoms with van der Waals surface area (Å²) in [5.74, 6) is 0. The Morgan fingerprint density at radius 3 is 3.17 bits per heavy atom. The molecule has 4 heteroatoms. The van der Waals surface area contributed by atoms with E-state index >= 15 is 0 Å². The Hall–Kier alpha value is -1.58. The van der Waals surface area contributed by atoms with Crippen LogP contribution < -0.4 is 10.3 Å². The molecule has 0 aliphatic carbocycles. The summed E-state index contributed by atoms with van der Waals surface area (Å²) in [5.41, 5.74) is -0.309. The van der Waals surface area contributed by atoms with Gasteiger partial charge in [-0.1, -0.05) is 6.58 Å². The molecule has 1 aromatic heterocycles. The van der Waals surface area contributed by atoms with Crippen molar-refractivity contribution in [3.63, 3.8) is 0 Å². The molecule has 0 radical (unpaired) electrons. The molecule has 0 unspecified atom stereocenters. The maximum absolute atomic E-state index is 10.8. The first-order chi connectivity index (χ1) is 5.77. The predicted molar refractivity (Wildman–Crippen MR) is 46.1 cm³/mol.